The van der Waals surface area contributed by atoms with Crippen LogP contribution < -0.4 is 9.47 Å². The highest BCUT2D eigenvalue weighted by Gasteiger charge is 2.42. The van der Waals surface area contributed by atoms with Gasteiger partial charge in [0.1, 0.15) is 6.42 Å². The maximum Gasteiger partial charge on any atom is 0.374 e. The molecule has 7 rings (SSSR count). The number of aliphatic carboxylic acids is 2. The van der Waals surface area contributed by atoms with Gasteiger partial charge >= 0.3 is 17.8 Å². The van der Waals surface area contributed by atoms with Gasteiger partial charge in [-0.15, -0.1) is 0 Å². The number of hydrogen-bond donors (Lipinski definition) is 2. The molecule has 0 amide bonds. The topological polar surface area (TPSA) is 94.9 Å². The first-order valence-corrected chi connectivity index (χ1v) is 15.8. The molecular formula is C40H35N2O5+. The van der Waals surface area contributed by atoms with Crippen molar-refractivity contribution in [2.75, 3.05) is 11.4 Å². The van der Waals surface area contributed by atoms with Crippen LogP contribution in [-0.4, -0.2) is 28.7 Å². The lowest BCUT2D eigenvalue weighted by atomic mass is 9.80. The SMILES string of the molecule is CC1(C)C(=CC=CC=Cc2oc3cc4ccccc4cc3[n+]2CCC(=O)O)N(CCC(=O)O)c2c1c1ccccc1c1ccccc21. The molecule has 0 unspecified atom stereocenters. The fourth-order valence-electron chi connectivity index (χ4n) is 7.06. The molecule has 7 nitrogen and oxygen atoms in total. The highest BCUT2D eigenvalue weighted by molar-refractivity contribution is 6.17. The van der Waals surface area contributed by atoms with Crippen molar-refractivity contribution in [1.29, 1.82) is 0 Å². The molecule has 1 aromatic heterocycles. The van der Waals surface area contributed by atoms with Gasteiger partial charge in [0.15, 0.2) is 6.54 Å². The van der Waals surface area contributed by atoms with Gasteiger partial charge in [-0.05, 0) is 44.6 Å². The van der Waals surface area contributed by atoms with Gasteiger partial charge in [0.25, 0.3) is 5.52 Å². The third-order valence-corrected chi connectivity index (χ3v) is 9.14. The summed E-state index contributed by atoms with van der Waals surface area (Å²) in [6, 6.07) is 28.8. The summed E-state index contributed by atoms with van der Waals surface area (Å²) in [7, 11) is 0. The zero-order valence-electron chi connectivity index (χ0n) is 26.3. The van der Waals surface area contributed by atoms with Gasteiger partial charge in [0, 0.05) is 29.1 Å². The monoisotopic (exact) mass is 623 g/mol. The van der Waals surface area contributed by atoms with E-state index >= 15 is 0 Å². The summed E-state index contributed by atoms with van der Waals surface area (Å²) >= 11 is 0. The Balaban J connectivity index is 1.28. The molecule has 1 aliphatic heterocycles. The third-order valence-electron chi connectivity index (χ3n) is 9.14. The molecule has 0 aliphatic carbocycles. The number of aryl methyl sites for hydroxylation is 1. The lowest BCUT2D eigenvalue weighted by molar-refractivity contribution is -0.676. The largest absolute Gasteiger partial charge is 0.481 e. The van der Waals surface area contributed by atoms with Crippen LogP contribution in [0.5, 0.6) is 0 Å². The average molecular weight is 624 g/mol. The molecule has 0 bridgehead atoms. The Morgan fingerprint density at radius 3 is 2.11 bits per heavy atom. The van der Waals surface area contributed by atoms with Gasteiger partial charge in [-0.1, -0.05) is 105 Å². The second kappa shape index (κ2) is 11.9. The van der Waals surface area contributed by atoms with Crippen molar-refractivity contribution in [2.45, 2.75) is 38.6 Å². The summed E-state index contributed by atoms with van der Waals surface area (Å²) in [6.07, 6.45) is 9.67. The van der Waals surface area contributed by atoms with E-state index in [0.29, 0.717) is 18.0 Å². The summed E-state index contributed by atoms with van der Waals surface area (Å²) in [4.78, 5) is 25.4. The molecule has 7 heteroatoms. The highest BCUT2D eigenvalue weighted by atomic mass is 16.4. The van der Waals surface area contributed by atoms with Crippen molar-refractivity contribution < 1.29 is 28.8 Å². The number of benzene rings is 5. The van der Waals surface area contributed by atoms with Crippen LogP contribution in [0.1, 0.15) is 38.1 Å². The smallest absolute Gasteiger partial charge is 0.374 e. The summed E-state index contributed by atoms with van der Waals surface area (Å²) in [6.45, 7) is 5.03. The average Bonchev–Trinajstić information content (AvgIpc) is 3.51. The first-order chi connectivity index (χ1) is 22.7. The van der Waals surface area contributed by atoms with Crippen molar-refractivity contribution in [3.05, 3.63) is 126 Å². The number of oxazole rings is 1. The summed E-state index contributed by atoms with van der Waals surface area (Å²) in [5.74, 6) is -1.15. The van der Waals surface area contributed by atoms with Crippen LogP contribution in [0.25, 0.3) is 49.5 Å². The zero-order valence-corrected chi connectivity index (χ0v) is 26.3. The van der Waals surface area contributed by atoms with E-state index in [1.165, 1.54) is 16.3 Å². The van der Waals surface area contributed by atoms with E-state index in [9.17, 15) is 19.8 Å². The number of carboxylic acids is 2. The number of carbonyl (C=O) groups is 2. The number of aromatic nitrogens is 1. The van der Waals surface area contributed by atoms with Crippen molar-refractivity contribution in [3.8, 4) is 0 Å². The number of rotatable bonds is 9. The van der Waals surface area contributed by atoms with Crippen molar-refractivity contribution >= 4 is 67.1 Å². The number of fused-ring (bicyclic) bond motifs is 8. The van der Waals surface area contributed by atoms with Gasteiger partial charge in [-0.25, -0.2) is 0 Å². The molecule has 234 valence electrons. The predicted molar refractivity (Wildman–Crippen MR) is 187 cm³/mol. The Bertz CT molecular complexity index is 2310. The standard InChI is InChI=1S/C40H34N2O5/c1-40(2)34(42(23-21-37(45)46)39-31-17-11-9-15-29(31)28-14-8-10-16-30(28)38(39)40)18-4-3-5-19-35-41(22-20-36(43)44)32-24-26-12-6-7-13-27(26)25-33(32)47-35/h3-19,24-25H,20-23H2,1-2H3,(H-,43,44,45,46)/p+1. The normalized spacial score (nSPS) is 15.3. The minimum atomic E-state index is -0.873. The molecule has 5 aromatic carbocycles. The Labute approximate surface area is 272 Å². The maximum absolute atomic E-state index is 11.8. The molecule has 0 saturated carbocycles. The summed E-state index contributed by atoms with van der Waals surface area (Å²) < 4.78 is 8.12. The summed E-state index contributed by atoms with van der Waals surface area (Å²) in [5.41, 5.74) is 4.42. The molecule has 47 heavy (non-hydrogen) atoms. The summed E-state index contributed by atoms with van der Waals surface area (Å²) in [5, 5.41) is 25.8. The number of hydrogen-bond acceptors (Lipinski definition) is 4. The van der Waals surface area contributed by atoms with Gasteiger partial charge < -0.3 is 19.5 Å². The number of nitrogens with zero attached hydrogens (tertiary/aromatic N) is 2. The molecule has 2 heterocycles. The van der Waals surface area contributed by atoms with Crippen LogP contribution in [0.2, 0.25) is 0 Å². The van der Waals surface area contributed by atoms with E-state index in [0.717, 1.165) is 38.4 Å². The third kappa shape index (κ3) is 5.33. The zero-order chi connectivity index (χ0) is 32.7. The Kier molecular flexibility index (Phi) is 7.60. The van der Waals surface area contributed by atoms with Crippen LogP contribution in [0, 0.1) is 0 Å². The second-order valence-electron chi connectivity index (χ2n) is 12.4. The fraction of sp³-hybridized carbons (Fsp3) is 0.175. The first kappa shape index (κ1) is 30.0. The van der Waals surface area contributed by atoms with Gasteiger partial charge in [-0.3, -0.25) is 9.59 Å². The van der Waals surface area contributed by atoms with Gasteiger partial charge in [0.05, 0.1) is 18.2 Å². The quantitative estimate of drug-likeness (QED) is 0.0955. The van der Waals surface area contributed by atoms with Crippen molar-refractivity contribution in [3.63, 3.8) is 0 Å². The van der Waals surface area contributed by atoms with E-state index in [1.54, 1.807) is 0 Å². The second-order valence-corrected chi connectivity index (χ2v) is 12.4. The molecule has 2 N–H and O–H groups in total. The Morgan fingerprint density at radius 2 is 1.40 bits per heavy atom. The molecular weight excluding hydrogens is 588 g/mol. The Morgan fingerprint density at radius 1 is 0.787 bits per heavy atom. The van der Waals surface area contributed by atoms with Crippen LogP contribution >= 0.6 is 0 Å². The number of carboxylic acid groups (broad SMARTS) is 2. The van der Waals surface area contributed by atoms with E-state index in [4.69, 9.17) is 4.42 Å². The predicted octanol–water partition coefficient (Wildman–Crippen LogP) is 8.38. The van der Waals surface area contributed by atoms with Crippen LogP contribution in [0.3, 0.4) is 0 Å². The molecule has 1 aliphatic rings. The lowest BCUT2D eigenvalue weighted by Gasteiger charge is -2.26. The minimum absolute atomic E-state index is 0.00897. The Hall–Kier alpha value is -5.69. The van der Waals surface area contributed by atoms with Gasteiger partial charge in [0.2, 0.25) is 5.58 Å². The van der Waals surface area contributed by atoms with E-state index in [-0.39, 0.29) is 19.4 Å². The van der Waals surface area contributed by atoms with E-state index < -0.39 is 17.4 Å². The molecule has 0 atom stereocenters. The van der Waals surface area contributed by atoms with Crippen molar-refractivity contribution in [1.82, 2.24) is 0 Å². The molecule has 0 fully saturated rings. The minimum Gasteiger partial charge on any atom is -0.481 e. The lowest BCUT2D eigenvalue weighted by Crippen LogP contribution is -2.36. The van der Waals surface area contributed by atoms with Crippen LogP contribution in [0.4, 0.5) is 5.69 Å². The maximum atomic E-state index is 11.8. The van der Waals surface area contributed by atoms with Crippen LogP contribution in [-0.2, 0) is 21.5 Å². The van der Waals surface area contributed by atoms with E-state index in [1.807, 2.05) is 77.4 Å². The number of allylic oxidation sites excluding steroid dienone is 5. The fourth-order valence-corrected chi connectivity index (χ4v) is 7.06. The van der Waals surface area contributed by atoms with Crippen molar-refractivity contribution in [2.24, 2.45) is 0 Å². The molecule has 0 saturated heterocycles. The highest BCUT2D eigenvalue weighted by Crippen LogP contribution is 2.54. The van der Waals surface area contributed by atoms with Gasteiger partial charge in [-0.2, -0.15) is 4.57 Å². The molecule has 0 radical (unpaired) electrons. The van der Waals surface area contributed by atoms with Crippen LogP contribution in [0.15, 0.2) is 119 Å². The number of anilines is 1. The first-order valence-electron chi connectivity index (χ1n) is 15.8. The molecule has 0 spiro atoms. The van der Waals surface area contributed by atoms with E-state index in [2.05, 4.69) is 61.2 Å². The molecule has 6 aromatic rings.